The van der Waals surface area contributed by atoms with Gasteiger partial charge in [-0.3, -0.25) is 4.79 Å². The first kappa shape index (κ1) is 22.4. The van der Waals surface area contributed by atoms with Crippen LogP contribution in [0.1, 0.15) is 27.5 Å². The number of anilines is 2. The summed E-state index contributed by atoms with van der Waals surface area (Å²) in [6.45, 7) is 2.11. The molecule has 0 fully saturated rings. The predicted molar refractivity (Wildman–Crippen MR) is 126 cm³/mol. The fourth-order valence-corrected chi connectivity index (χ4v) is 3.52. The zero-order valence-corrected chi connectivity index (χ0v) is 18.6. The van der Waals surface area contributed by atoms with Crippen molar-refractivity contribution in [3.05, 3.63) is 101 Å². The van der Waals surface area contributed by atoms with Crippen molar-refractivity contribution in [3.63, 3.8) is 0 Å². The molecule has 0 aliphatic heterocycles. The minimum atomic E-state index is -0.369. The Hall–Kier alpha value is -3.75. The Balaban J connectivity index is 1.52. The van der Waals surface area contributed by atoms with Crippen LogP contribution in [0.2, 0.25) is 5.02 Å². The number of carbonyl (C=O) groups is 1. The van der Waals surface area contributed by atoms with Crippen LogP contribution in [-0.4, -0.2) is 27.0 Å². The largest absolute Gasteiger partial charge is 0.344 e. The average molecular weight is 465 g/mol. The number of carbonyl (C=O) groups excluding carboxylic acids is 1. The first-order valence-electron chi connectivity index (χ1n) is 10.2. The second-order valence-corrected chi connectivity index (χ2v) is 7.89. The van der Waals surface area contributed by atoms with Crippen LogP contribution in [0.25, 0.3) is 5.82 Å². The molecular weight excluding hydrogens is 443 g/mol. The van der Waals surface area contributed by atoms with Crippen LogP contribution >= 0.6 is 11.6 Å². The van der Waals surface area contributed by atoms with Gasteiger partial charge in [-0.05, 0) is 55.0 Å². The minimum absolute atomic E-state index is 0.232. The van der Waals surface area contributed by atoms with Gasteiger partial charge in [-0.1, -0.05) is 23.7 Å². The number of nitrogens with one attached hydrogen (secondary N) is 2. The molecule has 4 N–H and O–H groups in total. The van der Waals surface area contributed by atoms with Crippen molar-refractivity contribution in [1.82, 2.24) is 19.9 Å². The van der Waals surface area contributed by atoms with Gasteiger partial charge in [0.1, 0.15) is 11.6 Å². The average Bonchev–Trinajstić information content (AvgIpc) is 3.30. The molecule has 1 unspecified atom stereocenters. The molecule has 0 saturated heterocycles. The van der Waals surface area contributed by atoms with Crippen molar-refractivity contribution >= 4 is 29.1 Å². The van der Waals surface area contributed by atoms with Gasteiger partial charge in [-0.15, -0.1) is 0 Å². The lowest BCUT2D eigenvalue weighted by Gasteiger charge is -2.17. The lowest BCUT2D eigenvalue weighted by Crippen LogP contribution is -2.33. The molecule has 7 nitrogen and oxygen atoms in total. The number of amides is 1. The van der Waals surface area contributed by atoms with Crippen molar-refractivity contribution < 1.29 is 9.18 Å². The Morgan fingerprint density at radius 3 is 2.73 bits per heavy atom. The molecule has 2 heterocycles. The molecule has 4 rings (SSSR count). The number of hydrogen-bond acceptors (Lipinski definition) is 5. The topological polar surface area (TPSA) is 97.9 Å². The Morgan fingerprint density at radius 2 is 2.00 bits per heavy atom. The summed E-state index contributed by atoms with van der Waals surface area (Å²) in [5.41, 5.74) is 8.65. The molecule has 1 amide bonds. The number of benzene rings is 2. The molecule has 0 bridgehead atoms. The number of nitrogens with zero attached hydrogens (tertiary/aromatic N) is 3. The molecule has 0 aliphatic carbocycles. The summed E-state index contributed by atoms with van der Waals surface area (Å²) >= 11 is 6.07. The second kappa shape index (κ2) is 9.81. The minimum Gasteiger partial charge on any atom is -0.344 e. The van der Waals surface area contributed by atoms with Crippen molar-refractivity contribution in [2.75, 3.05) is 11.9 Å². The van der Waals surface area contributed by atoms with E-state index in [0.717, 1.165) is 11.1 Å². The highest BCUT2D eigenvalue weighted by atomic mass is 35.5. The van der Waals surface area contributed by atoms with Crippen LogP contribution in [0, 0.1) is 12.7 Å². The first-order chi connectivity index (χ1) is 15.9. The van der Waals surface area contributed by atoms with Crippen LogP contribution in [0.5, 0.6) is 0 Å². The lowest BCUT2D eigenvalue weighted by molar-refractivity contribution is 0.0938. The second-order valence-electron chi connectivity index (χ2n) is 7.46. The van der Waals surface area contributed by atoms with Crippen molar-refractivity contribution in [2.45, 2.75) is 13.0 Å². The highest BCUT2D eigenvalue weighted by Gasteiger charge is 2.17. The van der Waals surface area contributed by atoms with Crippen molar-refractivity contribution in [1.29, 1.82) is 0 Å². The van der Waals surface area contributed by atoms with Crippen LogP contribution in [0.4, 0.5) is 16.0 Å². The molecule has 0 aliphatic rings. The van der Waals surface area contributed by atoms with E-state index in [9.17, 15) is 9.18 Å². The molecule has 2 aromatic carbocycles. The van der Waals surface area contributed by atoms with Gasteiger partial charge in [0.15, 0.2) is 0 Å². The zero-order valence-electron chi connectivity index (χ0n) is 17.8. The van der Waals surface area contributed by atoms with E-state index in [1.807, 2.05) is 19.1 Å². The van der Waals surface area contributed by atoms with Crippen LogP contribution in [-0.2, 0) is 0 Å². The summed E-state index contributed by atoms with van der Waals surface area (Å²) < 4.78 is 14.9. The molecule has 1 atom stereocenters. The summed E-state index contributed by atoms with van der Waals surface area (Å²) in [7, 11) is 0. The maximum atomic E-state index is 13.1. The number of hydrogen-bond donors (Lipinski definition) is 3. The van der Waals surface area contributed by atoms with E-state index >= 15 is 0 Å². The molecule has 33 heavy (non-hydrogen) atoms. The monoisotopic (exact) mass is 464 g/mol. The third-order valence-corrected chi connectivity index (χ3v) is 5.27. The smallest absolute Gasteiger partial charge is 0.253 e. The first-order valence-corrected chi connectivity index (χ1v) is 10.6. The van der Waals surface area contributed by atoms with E-state index in [1.165, 1.54) is 12.1 Å². The molecule has 4 aromatic rings. The fourth-order valence-electron chi connectivity index (χ4n) is 3.32. The number of halogens is 2. The van der Waals surface area contributed by atoms with E-state index in [2.05, 4.69) is 20.6 Å². The number of rotatable bonds is 7. The fraction of sp³-hybridized carbons (Fsp3) is 0.125. The van der Waals surface area contributed by atoms with E-state index in [4.69, 9.17) is 17.3 Å². The van der Waals surface area contributed by atoms with Gasteiger partial charge in [0.25, 0.3) is 5.91 Å². The molecule has 168 valence electrons. The van der Waals surface area contributed by atoms with Gasteiger partial charge < -0.3 is 20.9 Å². The van der Waals surface area contributed by atoms with Gasteiger partial charge in [0, 0.05) is 41.4 Å². The summed E-state index contributed by atoms with van der Waals surface area (Å²) in [5, 5.41) is 6.57. The summed E-state index contributed by atoms with van der Waals surface area (Å²) in [6.07, 6.45) is 5.12. The summed E-state index contributed by atoms with van der Waals surface area (Å²) in [4.78, 5) is 21.7. The van der Waals surface area contributed by atoms with E-state index in [0.29, 0.717) is 28.0 Å². The Bertz CT molecular complexity index is 1270. The van der Waals surface area contributed by atoms with Crippen LogP contribution in [0.3, 0.4) is 0 Å². The molecule has 0 saturated carbocycles. The highest BCUT2D eigenvalue weighted by molar-refractivity contribution is 6.30. The van der Waals surface area contributed by atoms with Gasteiger partial charge >= 0.3 is 0 Å². The normalized spacial score (nSPS) is 11.8. The van der Waals surface area contributed by atoms with Crippen LogP contribution in [0.15, 0.2) is 73.2 Å². The van der Waals surface area contributed by atoms with Gasteiger partial charge in [-0.2, -0.15) is 4.98 Å². The Labute approximate surface area is 195 Å². The summed E-state index contributed by atoms with van der Waals surface area (Å²) in [5.74, 6) is 0.377. The van der Waals surface area contributed by atoms with E-state index < -0.39 is 0 Å². The quantitative estimate of drug-likeness (QED) is 0.373. The molecule has 2 aromatic heterocycles. The van der Waals surface area contributed by atoms with Crippen LogP contribution < -0.4 is 16.4 Å². The molecule has 9 heteroatoms. The lowest BCUT2D eigenvalue weighted by atomic mass is 10.1. The zero-order chi connectivity index (χ0) is 23.4. The molecular formula is C24H22ClFN6O. The van der Waals surface area contributed by atoms with E-state index in [1.54, 1.807) is 53.5 Å². The van der Waals surface area contributed by atoms with Crippen molar-refractivity contribution in [2.24, 2.45) is 5.73 Å². The third-order valence-electron chi connectivity index (χ3n) is 5.04. The maximum Gasteiger partial charge on any atom is 0.253 e. The predicted octanol–water partition coefficient (Wildman–Crippen LogP) is 4.54. The van der Waals surface area contributed by atoms with Gasteiger partial charge in [0.2, 0.25) is 5.95 Å². The van der Waals surface area contributed by atoms with Gasteiger partial charge in [0.05, 0.1) is 11.6 Å². The van der Waals surface area contributed by atoms with Gasteiger partial charge in [-0.25, -0.2) is 9.37 Å². The summed E-state index contributed by atoms with van der Waals surface area (Å²) in [6, 6.07) is 14.5. The number of aryl methyl sites for hydroxylation is 1. The maximum absolute atomic E-state index is 13.1. The Morgan fingerprint density at radius 1 is 1.21 bits per heavy atom. The van der Waals surface area contributed by atoms with Crippen molar-refractivity contribution in [3.8, 4) is 5.82 Å². The SMILES string of the molecule is Cc1cnc(Nc2ccc(F)cc2)nc1-n1ccc(C(=O)NC(CN)c2cccc(Cl)c2)c1. The molecule has 0 radical (unpaired) electrons. The standard InChI is InChI=1S/C24H22ClFN6O/c1-15-13-28-24(29-20-7-5-19(26)6-8-20)31-22(15)32-10-9-17(14-32)23(33)30-21(12-27)16-3-2-4-18(25)11-16/h2-11,13-14,21H,12,27H2,1H3,(H,30,33)(H,28,29,31). The third kappa shape index (κ3) is 5.36. The Kier molecular flexibility index (Phi) is 6.67. The highest BCUT2D eigenvalue weighted by Crippen LogP contribution is 2.20. The number of aromatic nitrogens is 3. The molecule has 0 spiro atoms. The number of nitrogens with two attached hydrogens (primary N) is 1. The van der Waals surface area contributed by atoms with E-state index in [-0.39, 0.29) is 24.3 Å².